The highest BCUT2D eigenvalue weighted by Crippen LogP contribution is 2.45. The number of unbranched alkanes of at least 4 members (excludes halogenated alkanes) is 5. The minimum absolute atomic E-state index is 0.381. The Bertz CT molecular complexity index is 364. The van der Waals surface area contributed by atoms with Gasteiger partial charge >= 0.3 is 0 Å². The molecule has 4 atom stereocenters. The molecule has 1 aliphatic carbocycles. The van der Waals surface area contributed by atoms with Crippen LogP contribution in [0.3, 0.4) is 0 Å². The molecule has 2 aliphatic rings. The smallest absolute Gasteiger partial charge is 0.170 e. The van der Waals surface area contributed by atoms with Crippen molar-refractivity contribution in [3.8, 4) is 0 Å². The molecule has 0 amide bonds. The molecule has 2 fully saturated rings. The van der Waals surface area contributed by atoms with E-state index >= 15 is 0 Å². The highest BCUT2D eigenvalue weighted by Gasteiger charge is 2.46. The molecule has 3 nitrogen and oxygen atoms in total. The highest BCUT2D eigenvalue weighted by atomic mass is 16.7. The second-order valence-corrected chi connectivity index (χ2v) is 8.41. The minimum atomic E-state index is -0.381. The lowest BCUT2D eigenvalue weighted by molar-refractivity contribution is -0.269. The summed E-state index contributed by atoms with van der Waals surface area (Å²) in [5.41, 5.74) is 0. The maximum atomic E-state index is 6.30. The van der Waals surface area contributed by atoms with Crippen LogP contribution in [0.1, 0.15) is 105 Å². The summed E-state index contributed by atoms with van der Waals surface area (Å²) in [4.78, 5) is 0. The largest absolute Gasteiger partial charge is 0.370 e. The molecule has 4 unspecified atom stereocenters. The minimum Gasteiger partial charge on any atom is -0.370 e. The van der Waals surface area contributed by atoms with Gasteiger partial charge in [0.25, 0.3) is 0 Å². The van der Waals surface area contributed by atoms with Gasteiger partial charge in [-0.25, -0.2) is 0 Å². The monoisotopic (exact) mass is 368 g/mol. The molecule has 0 aromatic rings. The first kappa shape index (κ1) is 22.2. The van der Waals surface area contributed by atoms with E-state index in [-0.39, 0.29) is 5.79 Å². The van der Waals surface area contributed by atoms with Gasteiger partial charge in [0.1, 0.15) is 0 Å². The Kier molecular flexibility index (Phi) is 9.94. The van der Waals surface area contributed by atoms with Gasteiger partial charge in [0, 0.05) is 19.1 Å². The van der Waals surface area contributed by atoms with Crippen molar-refractivity contribution in [1.29, 1.82) is 0 Å². The molecule has 0 N–H and O–H groups in total. The molecule has 26 heavy (non-hydrogen) atoms. The second kappa shape index (κ2) is 11.7. The molecular formula is C23H44O3. The van der Waals surface area contributed by atoms with E-state index in [0.717, 1.165) is 25.6 Å². The Labute approximate surface area is 162 Å². The lowest BCUT2D eigenvalue weighted by atomic mass is 9.77. The summed E-state index contributed by atoms with van der Waals surface area (Å²) in [7, 11) is 0. The summed E-state index contributed by atoms with van der Waals surface area (Å²) in [5.74, 6) is 0.920. The predicted molar refractivity (Wildman–Crippen MR) is 108 cm³/mol. The summed E-state index contributed by atoms with van der Waals surface area (Å²) in [5, 5.41) is 0. The summed E-state index contributed by atoms with van der Waals surface area (Å²) in [6, 6.07) is 0. The number of ether oxygens (including phenoxy) is 3. The van der Waals surface area contributed by atoms with Gasteiger partial charge in [-0.05, 0) is 58.3 Å². The van der Waals surface area contributed by atoms with Gasteiger partial charge in [-0.2, -0.15) is 0 Å². The highest BCUT2D eigenvalue weighted by molar-refractivity contribution is 4.93. The van der Waals surface area contributed by atoms with Gasteiger partial charge < -0.3 is 14.2 Å². The number of rotatable bonds is 15. The van der Waals surface area contributed by atoms with E-state index in [9.17, 15) is 0 Å². The maximum Gasteiger partial charge on any atom is 0.170 e. The first-order valence-corrected chi connectivity index (χ1v) is 11.6. The van der Waals surface area contributed by atoms with Crippen molar-refractivity contribution in [3.63, 3.8) is 0 Å². The van der Waals surface area contributed by atoms with Crippen LogP contribution in [0.5, 0.6) is 0 Å². The van der Waals surface area contributed by atoms with Crippen LogP contribution in [-0.2, 0) is 14.2 Å². The fourth-order valence-electron chi connectivity index (χ4n) is 5.05. The van der Waals surface area contributed by atoms with Crippen LogP contribution in [0.4, 0.5) is 0 Å². The van der Waals surface area contributed by atoms with Crippen molar-refractivity contribution in [3.05, 3.63) is 0 Å². The number of epoxide rings is 1. The van der Waals surface area contributed by atoms with Crippen molar-refractivity contribution in [2.75, 3.05) is 13.2 Å². The molecule has 3 heteroatoms. The van der Waals surface area contributed by atoms with Gasteiger partial charge in [-0.15, -0.1) is 0 Å². The summed E-state index contributed by atoms with van der Waals surface area (Å²) >= 11 is 0. The molecule has 1 saturated carbocycles. The van der Waals surface area contributed by atoms with Crippen molar-refractivity contribution >= 4 is 0 Å². The first-order valence-electron chi connectivity index (χ1n) is 11.6. The quantitative estimate of drug-likeness (QED) is 0.188. The third-order valence-corrected chi connectivity index (χ3v) is 6.53. The molecule has 1 saturated heterocycles. The van der Waals surface area contributed by atoms with E-state index < -0.39 is 0 Å². The van der Waals surface area contributed by atoms with E-state index in [1.165, 1.54) is 70.6 Å². The molecule has 0 aromatic heterocycles. The third-order valence-electron chi connectivity index (χ3n) is 6.53. The summed E-state index contributed by atoms with van der Waals surface area (Å²) in [6.07, 6.45) is 16.6. The normalized spacial score (nSPS) is 26.5. The van der Waals surface area contributed by atoms with E-state index in [4.69, 9.17) is 14.2 Å². The van der Waals surface area contributed by atoms with E-state index in [0.29, 0.717) is 18.1 Å². The molecule has 1 heterocycles. The van der Waals surface area contributed by atoms with Gasteiger partial charge in [0.15, 0.2) is 5.79 Å². The van der Waals surface area contributed by atoms with E-state index in [1.54, 1.807) is 0 Å². The van der Waals surface area contributed by atoms with Crippen LogP contribution in [0.15, 0.2) is 0 Å². The SMILES string of the molecule is CCCCCCCCC(CC1CCC2OC2C1)C(CC)(OCC)OCC. The molecule has 2 rings (SSSR count). The molecule has 0 aromatic carbocycles. The Hall–Kier alpha value is -0.120. The Morgan fingerprint density at radius 2 is 1.58 bits per heavy atom. The Morgan fingerprint density at radius 3 is 2.19 bits per heavy atom. The van der Waals surface area contributed by atoms with Crippen molar-refractivity contribution < 1.29 is 14.2 Å². The third kappa shape index (κ3) is 6.49. The number of hydrogen-bond acceptors (Lipinski definition) is 3. The van der Waals surface area contributed by atoms with Crippen molar-refractivity contribution in [2.24, 2.45) is 11.8 Å². The second-order valence-electron chi connectivity index (χ2n) is 8.41. The fourth-order valence-corrected chi connectivity index (χ4v) is 5.05. The van der Waals surface area contributed by atoms with E-state index in [1.807, 2.05) is 0 Å². The molecule has 0 radical (unpaired) electrons. The zero-order valence-electron chi connectivity index (χ0n) is 17.9. The van der Waals surface area contributed by atoms with Crippen molar-refractivity contribution in [2.45, 2.75) is 123 Å². The zero-order chi connectivity index (χ0) is 18.8. The van der Waals surface area contributed by atoms with Gasteiger partial charge in [-0.1, -0.05) is 52.4 Å². The van der Waals surface area contributed by atoms with Crippen LogP contribution in [0, 0.1) is 11.8 Å². The predicted octanol–water partition coefficient (Wildman–Crippen LogP) is 6.49. The van der Waals surface area contributed by atoms with Crippen LogP contribution in [-0.4, -0.2) is 31.2 Å². The average Bonchev–Trinajstić information content (AvgIpc) is 3.42. The lowest BCUT2D eigenvalue weighted by Crippen LogP contribution is -2.44. The number of fused-ring (bicyclic) bond motifs is 1. The van der Waals surface area contributed by atoms with Crippen LogP contribution in [0.2, 0.25) is 0 Å². The molecule has 1 aliphatic heterocycles. The van der Waals surface area contributed by atoms with Crippen molar-refractivity contribution in [1.82, 2.24) is 0 Å². The lowest BCUT2D eigenvalue weighted by Gasteiger charge is -2.41. The number of hydrogen-bond donors (Lipinski definition) is 0. The zero-order valence-corrected chi connectivity index (χ0v) is 17.9. The standard InChI is InChI=1S/C23H44O3/c1-5-9-10-11-12-13-14-20(23(6-2,24-7-3)25-8-4)17-19-15-16-21-22(18-19)26-21/h19-22H,5-18H2,1-4H3. The topological polar surface area (TPSA) is 31.0 Å². The van der Waals surface area contributed by atoms with Crippen LogP contribution >= 0.6 is 0 Å². The van der Waals surface area contributed by atoms with E-state index in [2.05, 4.69) is 27.7 Å². The van der Waals surface area contributed by atoms with Gasteiger partial charge in [0.05, 0.1) is 12.2 Å². The Balaban J connectivity index is 1.93. The summed E-state index contributed by atoms with van der Waals surface area (Å²) < 4.78 is 18.4. The fraction of sp³-hybridized carbons (Fsp3) is 1.00. The summed E-state index contributed by atoms with van der Waals surface area (Å²) in [6.45, 7) is 10.2. The molecule has 154 valence electrons. The molecular weight excluding hydrogens is 324 g/mol. The molecule has 0 bridgehead atoms. The van der Waals surface area contributed by atoms with Crippen LogP contribution < -0.4 is 0 Å². The van der Waals surface area contributed by atoms with Gasteiger partial charge in [-0.3, -0.25) is 0 Å². The maximum absolute atomic E-state index is 6.30. The van der Waals surface area contributed by atoms with Crippen LogP contribution in [0.25, 0.3) is 0 Å². The first-order chi connectivity index (χ1) is 12.7. The average molecular weight is 369 g/mol. The molecule has 0 spiro atoms. The Morgan fingerprint density at radius 1 is 0.885 bits per heavy atom. The van der Waals surface area contributed by atoms with Gasteiger partial charge in [0.2, 0.25) is 0 Å².